The smallest absolute Gasteiger partial charge is 0.0964 e. The number of nitrogens with two attached hydrogens (primary N) is 1. The van der Waals surface area contributed by atoms with Crippen LogP contribution in [-0.4, -0.2) is 28.1 Å². The van der Waals surface area contributed by atoms with Crippen LogP contribution in [0.15, 0.2) is 6.20 Å². The lowest BCUT2D eigenvalue weighted by Gasteiger charge is -2.07. The highest BCUT2D eigenvalue weighted by molar-refractivity contribution is 4.94. The first-order chi connectivity index (χ1) is 7.22. The SMILES string of the molecule is CC1(CNCc2cn(CCN)nn2)CC1. The minimum atomic E-state index is 0.549. The van der Waals surface area contributed by atoms with Crippen molar-refractivity contribution in [3.05, 3.63) is 11.9 Å². The van der Waals surface area contributed by atoms with E-state index in [1.165, 1.54) is 12.8 Å². The second-order valence-electron chi connectivity index (χ2n) is 4.68. The standard InChI is InChI=1S/C10H19N5/c1-10(2-3-10)8-12-6-9-7-15(5-4-11)14-13-9/h7,12H,2-6,8,11H2,1H3. The van der Waals surface area contributed by atoms with Gasteiger partial charge >= 0.3 is 0 Å². The molecule has 0 aromatic carbocycles. The van der Waals surface area contributed by atoms with E-state index in [-0.39, 0.29) is 0 Å². The minimum Gasteiger partial charge on any atom is -0.329 e. The average molecular weight is 209 g/mol. The fraction of sp³-hybridized carbons (Fsp3) is 0.800. The molecule has 84 valence electrons. The molecule has 0 bridgehead atoms. The van der Waals surface area contributed by atoms with Crippen LogP contribution in [0.2, 0.25) is 0 Å². The molecule has 0 saturated heterocycles. The molecule has 1 aromatic rings. The van der Waals surface area contributed by atoms with Crippen molar-refractivity contribution >= 4 is 0 Å². The minimum absolute atomic E-state index is 0.549. The van der Waals surface area contributed by atoms with Crippen molar-refractivity contribution in [2.75, 3.05) is 13.1 Å². The number of hydrogen-bond donors (Lipinski definition) is 2. The molecule has 1 aliphatic carbocycles. The molecule has 1 aliphatic rings. The van der Waals surface area contributed by atoms with Gasteiger partial charge in [0.15, 0.2) is 0 Å². The predicted molar refractivity (Wildman–Crippen MR) is 58.1 cm³/mol. The molecule has 3 N–H and O–H groups in total. The molecule has 1 aromatic heterocycles. The summed E-state index contributed by atoms with van der Waals surface area (Å²) in [5.41, 5.74) is 6.97. The van der Waals surface area contributed by atoms with Gasteiger partial charge in [-0.15, -0.1) is 5.10 Å². The Morgan fingerprint density at radius 3 is 3.07 bits per heavy atom. The molecule has 0 radical (unpaired) electrons. The molecule has 1 saturated carbocycles. The van der Waals surface area contributed by atoms with Gasteiger partial charge in [-0.3, -0.25) is 4.68 Å². The fourth-order valence-corrected chi connectivity index (χ4v) is 1.54. The number of rotatable bonds is 6. The van der Waals surface area contributed by atoms with Crippen LogP contribution in [0.3, 0.4) is 0 Å². The summed E-state index contributed by atoms with van der Waals surface area (Å²) in [7, 11) is 0. The molecule has 0 spiro atoms. The van der Waals surface area contributed by atoms with Crippen LogP contribution in [0.5, 0.6) is 0 Å². The summed E-state index contributed by atoms with van der Waals surface area (Å²) < 4.78 is 1.79. The van der Waals surface area contributed by atoms with E-state index in [0.717, 1.165) is 25.3 Å². The van der Waals surface area contributed by atoms with Gasteiger partial charge in [-0.2, -0.15) is 0 Å². The van der Waals surface area contributed by atoms with E-state index < -0.39 is 0 Å². The molecular weight excluding hydrogens is 190 g/mol. The molecule has 15 heavy (non-hydrogen) atoms. The summed E-state index contributed by atoms with van der Waals surface area (Å²) in [5.74, 6) is 0. The first kappa shape index (κ1) is 10.6. The van der Waals surface area contributed by atoms with Gasteiger partial charge in [-0.1, -0.05) is 12.1 Å². The van der Waals surface area contributed by atoms with Crippen molar-refractivity contribution in [1.82, 2.24) is 20.3 Å². The third-order valence-electron chi connectivity index (χ3n) is 2.91. The third-order valence-corrected chi connectivity index (χ3v) is 2.91. The molecule has 0 amide bonds. The monoisotopic (exact) mass is 209 g/mol. The van der Waals surface area contributed by atoms with Gasteiger partial charge in [0.05, 0.1) is 12.2 Å². The number of hydrogen-bond acceptors (Lipinski definition) is 4. The second kappa shape index (κ2) is 4.28. The van der Waals surface area contributed by atoms with E-state index in [0.29, 0.717) is 12.0 Å². The normalized spacial score (nSPS) is 18.0. The first-order valence-electron chi connectivity index (χ1n) is 5.52. The molecule has 0 atom stereocenters. The number of nitrogens with zero attached hydrogens (tertiary/aromatic N) is 3. The second-order valence-corrected chi connectivity index (χ2v) is 4.68. The molecular formula is C10H19N5. The van der Waals surface area contributed by atoms with Crippen molar-refractivity contribution in [2.45, 2.75) is 32.9 Å². The van der Waals surface area contributed by atoms with E-state index in [9.17, 15) is 0 Å². The Balaban J connectivity index is 1.73. The largest absolute Gasteiger partial charge is 0.329 e. The molecule has 5 nitrogen and oxygen atoms in total. The van der Waals surface area contributed by atoms with Crippen molar-refractivity contribution in [3.8, 4) is 0 Å². The predicted octanol–water partition coefficient (Wildman–Crippen LogP) is 0.126. The van der Waals surface area contributed by atoms with Crippen LogP contribution in [-0.2, 0) is 13.1 Å². The topological polar surface area (TPSA) is 68.8 Å². The number of aromatic nitrogens is 3. The van der Waals surface area contributed by atoms with Crippen LogP contribution in [0, 0.1) is 5.41 Å². The summed E-state index contributed by atoms with van der Waals surface area (Å²) >= 11 is 0. The summed E-state index contributed by atoms with van der Waals surface area (Å²) in [6.45, 7) is 5.54. The molecule has 0 unspecified atom stereocenters. The maximum Gasteiger partial charge on any atom is 0.0964 e. The first-order valence-corrected chi connectivity index (χ1v) is 5.52. The highest BCUT2D eigenvalue weighted by Gasteiger charge is 2.36. The quantitative estimate of drug-likeness (QED) is 0.698. The molecule has 2 rings (SSSR count). The Morgan fingerprint density at radius 2 is 2.40 bits per heavy atom. The van der Waals surface area contributed by atoms with Crippen molar-refractivity contribution in [3.63, 3.8) is 0 Å². The van der Waals surface area contributed by atoms with Crippen LogP contribution in [0.1, 0.15) is 25.5 Å². The molecule has 5 heteroatoms. The van der Waals surface area contributed by atoms with Gasteiger partial charge in [0.2, 0.25) is 0 Å². The average Bonchev–Trinajstić information content (AvgIpc) is 2.76. The Hall–Kier alpha value is -0.940. The van der Waals surface area contributed by atoms with Gasteiger partial charge in [0.25, 0.3) is 0 Å². The lowest BCUT2D eigenvalue weighted by molar-refractivity contribution is 0.496. The Morgan fingerprint density at radius 1 is 1.60 bits per heavy atom. The molecule has 0 aliphatic heterocycles. The van der Waals surface area contributed by atoms with Crippen LogP contribution >= 0.6 is 0 Å². The Kier molecular flexibility index (Phi) is 3.02. The van der Waals surface area contributed by atoms with Gasteiger partial charge in [0.1, 0.15) is 0 Å². The van der Waals surface area contributed by atoms with Gasteiger partial charge < -0.3 is 11.1 Å². The molecule has 1 fully saturated rings. The van der Waals surface area contributed by atoms with E-state index >= 15 is 0 Å². The van der Waals surface area contributed by atoms with Crippen molar-refractivity contribution < 1.29 is 0 Å². The zero-order chi connectivity index (χ0) is 10.7. The summed E-state index contributed by atoms with van der Waals surface area (Å²) in [4.78, 5) is 0. The summed E-state index contributed by atoms with van der Waals surface area (Å²) in [5, 5.41) is 11.5. The number of nitrogens with one attached hydrogen (secondary N) is 1. The third kappa shape index (κ3) is 3.00. The summed E-state index contributed by atoms with van der Waals surface area (Å²) in [6.07, 6.45) is 4.65. The van der Waals surface area contributed by atoms with Crippen LogP contribution < -0.4 is 11.1 Å². The Labute approximate surface area is 90.0 Å². The van der Waals surface area contributed by atoms with Gasteiger partial charge in [-0.25, -0.2) is 0 Å². The zero-order valence-corrected chi connectivity index (χ0v) is 9.24. The van der Waals surface area contributed by atoms with Crippen molar-refractivity contribution in [2.24, 2.45) is 11.1 Å². The van der Waals surface area contributed by atoms with Crippen LogP contribution in [0.4, 0.5) is 0 Å². The van der Waals surface area contributed by atoms with Crippen molar-refractivity contribution in [1.29, 1.82) is 0 Å². The highest BCUT2D eigenvalue weighted by atomic mass is 15.4. The van der Waals surface area contributed by atoms with Gasteiger partial charge in [-0.05, 0) is 18.3 Å². The van der Waals surface area contributed by atoms with E-state index in [2.05, 4.69) is 22.6 Å². The highest BCUT2D eigenvalue weighted by Crippen LogP contribution is 2.43. The Bertz CT molecular complexity index is 315. The zero-order valence-electron chi connectivity index (χ0n) is 9.24. The lowest BCUT2D eigenvalue weighted by Crippen LogP contribution is -2.21. The maximum atomic E-state index is 5.43. The van der Waals surface area contributed by atoms with E-state index in [1.807, 2.05) is 6.20 Å². The van der Waals surface area contributed by atoms with Crippen LogP contribution in [0.25, 0.3) is 0 Å². The van der Waals surface area contributed by atoms with Gasteiger partial charge in [0, 0.05) is 25.8 Å². The lowest BCUT2D eigenvalue weighted by atomic mass is 10.1. The maximum absolute atomic E-state index is 5.43. The molecule has 1 heterocycles. The fourth-order valence-electron chi connectivity index (χ4n) is 1.54. The summed E-state index contributed by atoms with van der Waals surface area (Å²) in [6, 6.07) is 0. The van der Waals surface area contributed by atoms with E-state index in [1.54, 1.807) is 4.68 Å². The van der Waals surface area contributed by atoms with E-state index in [4.69, 9.17) is 5.73 Å².